The molecule has 0 saturated carbocycles. The Morgan fingerprint density at radius 2 is 1.86 bits per heavy atom. The number of rotatable bonds is 7. The molecular weight excluding hydrogens is 194 g/mol. The summed E-state index contributed by atoms with van der Waals surface area (Å²) < 4.78 is 0. The highest BCUT2D eigenvalue weighted by molar-refractivity contribution is 7.99. The van der Waals surface area contributed by atoms with Gasteiger partial charge in [-0.25, -0.2) is 0 Å². The summed E-state index contributed by atoms with van der Waals surface area (Å²) in [6.07, 6.45) is 1.07. The van der Waals surface area contributed by atoms with Crippen LogP contribution >= 0.6 is 11.8 Å². The Morgan fingerprint density at radius 3 is 2.36 bits per heavy atom. The second-order valence-corrected chi connectivity index (χ2v) is 5.47. The minimum Gasteiger partial charge on any atom is -0.355 e. The van der Waals surface area contributed by atoms with Crippen LogP contribution in [0.3, 0.4) is 0 Å². The molecule has 0 aromatic carbocycles. The molecule has 0 aliphatic carbocycles. The Kier molecular flexibility index (Phi) is 8.05. The van der Waals surface area contributed by atoms with Crippen molar-refractivity contribution in [3.05, 3.63) is 0 Å². The number of carbonyl (C=O) groups excluding carboxylic acids is 1. The summed E-state index contributed by atoms with van der Waals surface area (Å²) >= 11 is 1.72. The minimum atomic E-state index is 0.177. The number of thioether (sulfide) groups is 1. The summed E-state index contributed by atoms with van der Waals surface area (Å²) in [6, 6.07) is 0. The van der Waals surface area contributed by atoms with Crippen molar-refractivity contribution in [3.63, 3.8) is 0 Å². The van der Waals surface area contributed by atoms with Crippen molar-refractivity contribution in [2.45, 2.75) is 34.1 Å². The summed E-state index contributed by atoms with van der Waals surface area (Å²) in [5, 5.41) is 2.93. The van der Waals surface area contributed by atoms with Crippen LogP contribution in [-0.4, -0.2) is 24.0 Å². The quantitative estimate of drug-likeness (QED) is 0.710. The first-order chi connectivity index (χ1) is 6.52. The molecule has 0 spiro atoms. The van der Waals surface area contributed by atoms with E-state index in [-0.39, 0.29) is 5.91 Å². The maximum Gasteiger partial charge on any atom is 0.229 e. The zero-order valence-electron chi connectivity index (χ0n) is 9.80. The topological polar surface area (TPSA) is 29.1 Å². The lowest BCUT2D eigenvalue weighted by Crippen LogP contribution is -2.27. The molecule has 1 amide bonds. The van der Waals surface area contributed by atoms with E-state index in [4.69, 9.17) is 0 Å². The number of nitrogens with one attached hydrogen (secondary N) is 1. The average molecular weight is 217 g/mol. The van der Waals surface area contributed by atoms with Crippen molar-refractivity contribution < 1.29 is 4.79 Å². The molecule has 0 aliphatic heterocycles. The van der Waals surface area contributed by atoms with Gasteiger partial charge in [-0.05, 0) is 24.0 Å². The molecule has 0 saturated heterocycles. The normalized spacial score (nSPS) is 11.0. The first-order valence-electron chi connectivity index (χ1n) is 5.36. The van der Waals surface area contributed by atoms with Crippen molar-refractivity contribution in [1.82, 2.24) is 5.32 Å². The summed E-state index contributed by atoms with van der Waals surface area (Å²) in [5.74, 6) is 3.19. The van der Waals surface area contributed by atoms with Crippen LogP contribution in [0.2, 0.25) is 0 Å². The third kappa shape index (κ3) is 9.90. The van der Waals surface area contributed by atoms with Crippen LogP contribution in [0.1, 0.15) is 34.1 Å². The van der Waals surface area contributed by atoms with Gasteiger partial charge in [0, 0.05) is 6.54 Å². The fourth-order valence-corrected chi connectivity index (χ4v) is 1.82. The molecule has 0 unspecified atom stereocenters. The summed E-state index contributed by atoms with van der Waals surface area (Å²) in [4.78, 5) is 11.3. The number of amides is 1. The highest BCUT2D eigenvalue weighted by atomic mass is 32.2. The van der Waals surface area contributed by atoms with E-state index in [1.165, 1.54) is 0 Å². The van der Waals surface area contributed by atoms with Gasteiger partial charge >= 0.3 is 0 Å². The fourth-order valence-electron chi connectivity index (χ4n) is 0.939. The van der Waals surface area contributed by atoms with Gasteiger partial charge < -0.3 is 5.32 Å². The van der Waals surface area contributed by atoms with Crippen LogP contribution in [0.4, 0.5) is 0 Å². The monoisotopic (exact) mass is 217 g/mol. The molecule has 2 nitrogen and oxygen atoms in total. The highest BCUT2D eigenvalue weighted by Gasteiger charge is 2.02. The lowest BCUT2D eigenvalue weighted by Gasteiger charge is -2.07. The van der Waals surface area contributed by atoms with Gasteiger partial charge in [-0.1, -0.05) is 27.7 Å². The second-order valence-electron chi connectivity index (χ2n) is 4.44. The first kappa shape index (κ1) is 13.8. The van der Waals surface area contributed by atoms with Gasteiger partial charge in [-0.3, -0.25) is 4.79 Å². The van der Waals surface area contributed by atoms with Crippen molar-refractivity contribution in [2.24, 2.45) is 11.8 Å². The standard InChI is InChI=1S/C11H23NOS/c1-9(2)5-6-12-11(13)8-14-7-10(3)4/h9-10H,5-8H2,1-4H3,(H,12,13). The SMILES string of the molecule is CC(C)CCNC(=O)CSCC(C)C. The molecule has 0 heterocycles. The molecule has 0 aliphatic rings. The van der Waals surface area contributed by atoms with Gasteiger partial charge in [-0.15, -0.1) is 0 Å². The maximum atomic E-state index is 11.3. The van der Waals surface area contributed by atoms with Crippen LogP contribution in [0.25, 0.3) is 0 Å². The van der Waals surface area contributed by atoms with Gasteiger partial charge in [0.05, 0.1) is 5.75 Å². The van der Waals surface area contributed by atoms with E-state index >= 15 is 0 Å². The predicted octanol–water partition coefficient (Wildman–Crippen LogP) is 2.54. The third-order valence-corrected chi connectivity index (χ3v) is 3.10. The molecule has 0 aromatic rings. The molecule has 84 valence electrons. The Bertz CT molecular complexity index is 141. The first-order valence-corrected chi connectivity index (χ1v) is 6.52. The molecule has 0 rings (SSSR count). The van der Waals surface area contributed by atoms with E-state index < -0.39 is 0 Å². The molecule has 0 atom stereocenters. The molecule has 0 radical (unpaired) electrons. The summed E-state index contributed by atoms with van der Waals surface area (Å²) in [5.41, 5.74) is 0. The highest BCUT2D eigenvalue weighted by Crippen LogP contribution is 2.06. The summed E-state index contributed by atoms with van der Waals surface area (Å²) in [7, 11) is 0. The minimum absolute atomic E-state index is 0.177. The lowest BCUT2D eigenvalue weighted by atomic mass is 10.1. The van der Waals surface area contributed by atoms with Gasteiger partial charge in [0.1, 0.15) is 0 Å². The zero-order valence-corrected chi connectivity index (χ0v) is 10.6. The Morgan fingerprint density at radius 1 is 1.21 bits per heavy atom. The van der Waals surface area contributed by atoms with Crippen molar-refractivity contribution >= 4 is 17.7 Å². The van der Waals surface area contributed by atoms with Gasteiger partial charge in [0.2, 0.25) is 5.91 Å². The molecule has 0 fully saturated rings. The predicted molar refractivity (Wildman–Crippen MR) is 64.6 cm³/mol. The molecule has 0 aromatic heterocycles. The van der Waals surface area contributed by atoms with Crippen LogP contribution in [0, 0.1) is 11.8 Å². The van der Waals surface area contributed by atoms with Crippen LogP contribution in [-0.2, 0) is 4.79 Å². The van der Waals surface area contributed by atoms with Crippen LogP contribution in [0.15, 0.2) is 0 Å². The Balaban J connectivity index is 3.28. The molecular formula is C11H23NOS. The maximum absolute atomic E-state index is 11.3. The van der Waals surface area contributed by atoms with Crippen molar-refractivity contribution in [3.8, 4) is 0 Å². The summed E-state index contributed by atoms with van der Waals surface area (Å²) in [6.45, 7) is 9.49. The lowest BCUT2D eigenvalue weighted by molar-refractivity contribution is -0.118. The zero-order chi connectivity index (χ0) is 11.0. The average Bonchev–Trinajstić information content (AvgIpc) is 2.02. The Hall–Kier alpha value is -0.180. The van der Waals surface area contributed by atoms with Crippen molar-refractivity contribution in [1.29, 1.82) is 0 Å². The van der Waals surface area contributed by atoms with Gasteiger partial charge in [0.25, 0.3) is 0 Å². The smallest absolute Gasteiger partial charge is 0.229 e. The van der Waals surface area contributed by atoms with Crippen molar-refractivity contribution in [2.75, 3.05) is 18.1 Å². The second kappa shape index (κ2) is 8.16. The van der Waals surface area contributed by atoms with Gasteiger partial charge in [0.15, 0.2) is 0 Å². The molecule has 1 N–H and O–H groups in total. The van der Waals surface area contributed by atoms with E-state index in [2.05, 4.69) is 33.0 Å². The van der Waals surface area contributed by atoms with E-state index in [0.717, 1.165) is 18.7 Å². The molecule has 14 heavy (non-hydrogen) atoms. The Labute approximate surface area is 92.2 Å². The third-order valence-electron chi connectivity index (χ3n) is 1.73. The molecule has 0 bridgehead atoms. The van der Waals surface area contributed by atoms with E-state index in [9.17, 15) is 4.79 Å². The largest absolute Gasteiger partial charge is 0.355 e. The number of carbonyl (C=O) groups is 1. The van der Waals surface area contributed by atoms with E-state index in [1.807, 2.05) is 0 Å². The molecule has 3 heteroatoms. The van der Waals surface area contributed by atoms with Gasteiger partial charge in [-0.2, -0.15) is 11.8 Å². The fraction of sp³-hybridized carbons (Fsp3) is 0.909. The number of hydrogen-bond acceptors (Lipinski definition) is 2. The van der Waals surface area contributed by atoms with Crippen LogP contribution < -0.4 is 5.32 Å². The number of hydrogen-bond donors (Lipinski definition) is 1. The van der Waals surface area contributed by atoms with Crippen LogP contribution in [0.5, 0.6) is 0 Å². The van der Waals surface area contributed by atoms with E-state index in [0.29, 0.717) is 17.6 Å². The van der Waals surface area contributed by atoms with E-state index in [1.54, 1.807) is 11.8 Å².